The molecule has 106 valence electrons. The van der Waals surface area contributed by atoms with Crippen LogP contribution in [-0.4, -0.2) is 38.0 Å². The van der Waals surface area contributed by atoms with Crippen molar-refractivity contribution in [2.45, 2.75) is 49.0 Å². The minimum Gasteiger partial charge on any atom is -0.375 e. The lowest BCUT2D eigenvalue weighted by atomic mass is 9.91. The van der Waals surface area contributed by atoms with Gasteiger partial charge in [-0.1, -0.05) is 12.8 Å². The Balaban J connectivity index is 1.91. The van der Waals surface area contributed by atoms with Gasteiger partial charge >= 0.3 is 0 Å². The molecule has 0 amide bonds. The summed E-state index contributed by atoms with van der Waals surface area (Å²) in [6, 6.07) is 3.63. The van der Waals surface area contributed by atoms with Gasteiger partial charge in [-0.05, 0) is 31.9 Å². The van der Waals surface area contributed by atoms with Crippen molar-refractivity contribution in [2.24, 2.45) is 0 Å². The van der Waals surface area contributed by atoms with Crippen LogP contribution in [0.25, 0.3) is 0 Å². The minimum absolute atomic E-state index is 0.0370. The highest BCUT2D eigenvalue weighted by atomic mass is 32.2. The van der Waals surface area contributed by atoms with Crippen molar-refractivity contribution < 1.29 is 13.2 Å². The molecule has 1 aromatic heterocycles. The van der Waals surface area contributed by atoms with Gasteiger partial charge in [-0.15, -0.1) is 11.3 Å². The molecule has 2 aliphatic rings. The Hall–Kier alpha value is -0.430. The average Bonchev–Trinajstić information content (AvgIpc) is 2.85. The van der Waals surface area contributed by atoms with Crippen LogP contribution in [0.5, 0.6) is 0 Å². The first-order chi connectivity index (χ1) is 9.09. The maximum atomic E-state index is 12.7. The first-order valence-electron chi connectivity index (χ1n) is 6.79. The van der Waals surface area contributed by atoms with Crippen LogP contribution in [0.15, 0.2) is 16.3 Å². The largest absolute Gasteiger partial charge is 0.375 e. The zero-order valence-electron chi connectivity index (χ0n) is 11.0. The van der Waals surface area contributed by atoms with Gasteiger partial charge in [0, 0.05) is 11.4 Å². The van der Waals surface area contributed by atoms with E-state index in [0.29, 0.717) is 17.4 Å². The second kappa shape index (κ2) is 5.16. The standard InChI is InChI=1S/C13H19NO3S2/c1-10-6-7-13(18-10)19(15,16)14-8-9-17-12-5-3-2-4-11(12)14/h6-7,11-12H,2-5,8-9H2,1H3/t11-,12+/m1/s1. The Morgan fingerprint density at radius 2 is 2.11 bits per heavy atom. The summed E-state index contributed by atoms with van der Waals surface area (Å²) in [7, 11) is -3.34. The molecule has 0 N–H and O–H groups in total. The fourth-order valence-corrected chi connectivity index (χ4v) is 6.10. The van der Waals surface area contributed by atoms with E-state index in [0.717, 1.165) is 30.6 Å². The lowest BCUT2D eigenvalue weighted by molar-refractivity contribution is -0.0585. The molecule has 0 unspecified atom stereocenters. The highest BCUT2D eigenvalue weighted by Crippen LogP contribution is 2.34. The summed E-state index contributed by atoms with van der Waals surface area (Å²) in [5, 5.41) is 0. The molecule has 2 fully saturated rings. The predicted molar refractivity (Wildman–Crippen MR) is 74.9 cm³/mol. The number of ether oxygens (including phenoxy) is 1. The number of hydrogen-bond donors (Lipinski definition) is 0. The molecule has 0 spiro atoms. The van der Waals surface area contributed by atoms with Crippen molar-refractivity contribution in [1.29, 1.82) is 0 Å². The molecule has 0 bridgehead atoms. The fourth-order valence-electron chi connectivity index (χ4n) is 3.03. The van der Waals surface area contributed by atoms with E-state index in [2.05, 4.69) is 0 Å². The minimum atomic E-state index is -3.34. The van der Waals surface area contributed by atoms with Gasteiger partial charge in [0.1, 0.15) is 4.21 Å². The molecule has 2 atom stereocenters. The van der Waals surface area contributed by atoms with Crippen molar-refractivity contribution in [2.75, 3.05) is 13.2 Å². The Morgan fingerprint density at radius 3 is 2.84 bits per heavy atom. The van der Waals surface area contributed by atoms with Crippen LogP contribution >= 0.6 is 11.3 Å². The van der Waals surface area contributed by atoms with Crippen molar-refractivity contribution in [3.05, 3.63) is 17.0 Å². The maximum absolute atomic E-state index is 12.7. The number of hydrogen-bond acceptors (Lipinski definition) is 4. The number of sulfonamides is 1. The third-order valence-corrected chi connectivity index (χ3v) is 7.35. The summed E-state index contributed by atoms with van der Waals surface area (Å²) in [6.07, 6.45) is 4.25. The van der Waals surface area contributed by atoms with Crippen LogP contribution < -0.4 is 0 Å². The van der Waals surface area contributed by atoms with E-state index in [1.165, 1.54) is 11.3 Å². The molecule has 0 radical (unpaired) electrons. The normalized spacial score (nSPS) is 29.1. The fraction of sp³-hybridized carbons (Fsp3) is 0.692. The monoisotopic (exact) mass is 301 g/mol. The zero-order valence-corrected chi connectivity index (χ0v) is 12.7. The second-order valence-electron chi connectivity index (χ2n) is 5.24. The first kappa shape index (κ1) is 13.5. The Labute approximate surface area is 118 Å². The maximum Gasteiger partial charge on any atom is 0.252 e. The van der Waals surface area contributed by atoms with Crippen molar-refractivity contribution >= 4 is 21.4 Å². The van der Waals surface area contributed by atoms with Gasteiger partial charge in [0.2, 0.25) is 0 Å². The molecule has 6 heteroatoms. The summed E-state index contributed by atoms with van der Waals surface area (Å²) in [6.45, 7) is 2.94. The van der Waals surface area contributed by atoms with Gasteiger partial charge in [0.05, 0.1) is 18.8 Å². The molecule has 0 aromatic carbocycles. The molecule has 19 heavy (non-hydrogen) atoms. The highest BCUT2D eigenvalue weighted by molar-refractivity contribution is 7.91. The summed E-state index contributed by atoms with van der Waals surface area (Å²) in [4.78, 5) is 1.03. The van der Waals surface area contributed by atoms with Crippen LogP contribution in [0.4, 0.5) is 0 Å². The van der Waals surface area contributed by atoms with Gasteiger partial charge in [0.15, 0.2) is 0 Å². The molecule has 1 saturated carbocycles. The molecular formula is C13H19NO3S2. The van der Waals surface area contributed by atoms with E-state index in [-0.39, 0.29) is 12.1 Å². The zero-order chi connectivity index (χ0) is 13.5. The van der Waals surface area contributed by atoms with Gasteiger partial charge in [-0.2, -0.15) is 4.31 Å². The van der Waals surface area contributed by atoms with E-state index < -0.39 is 10.0 Å². The number of rotatable bonds is 2. The molecule has 1 aromatic rings. The molecule has 2 heterocycles. The highest BCUT2D eigenvalue weighted by Gasteiger charge is 2.41. The number of fused-ring (bicyclic) bond motifs is 1. The van der Waals surface area contributed by atoms with Crippen molar-refractivity contribution in [3.8, 4) is 0 Å². The average molecular weight is 301 g/mol. The van der Waals surface area contributed by atoms with E-state index in [1.54, 1.807) is 10.4 Å². The summed E-state index contributed by atoms with van der Waals surface area (Å²) >= 11 is 1.36. The van der Waals surface area contributed by atoms with Crippen LogP contribution in [0.3, 0.4) is 0 Å². The molecular weight excluding hydrogens is 282 g/mol. The lowest BCUT2D eigenvalue weighted by Gasteiger charge is -2.42. The van der Waals surface area contributed by atoms with Crippen LogP contribution in [0.2, 0.25) is 0 Å². The van der Waals surface area contributed by atoms with Crippen LogP contribution in [0.1, 0.15) is 30.6 Å². The SMILES string of the molecule is Cc1ccc(S(=O)(=O)N2CCO[C@H]3CCCC[C@H]32)s1. The third-order valence-electron chi connectivity index (χ3n) is 3.96. The third kappa shape index (κ3) is 2.46. The van der Waals surface area contributed by atoms with Gasteiger partial charge in [-0.3, -0.25) is 0 Å². The Kier molecular flexibility index (Phi) is 3.68. The van der Waals surface area contributed by atoms with E-state index in [1.807, 2.05) is 13.0 Å². The smallest absolute Gasteiger partial charge is 0.252 e. The molecule has 4 nitrogen and oxygen atoms in total. The molecule has 1 aliphatic carbocycles. The van der Waals surface area contributed by atoms with Crippen LogP contribution in [0, 0.1) is 6.92 Å². The second-order valence-corrected chi connectivity index (χ2v) is 8.65. The van der Waals surface area contributed by atoms with E-state index >= 15 is 0 Å². The first-order valence-corrected chi connectivity index (χ1v) is 9.04. The summed E-state index contributed by atoms with van der Waals surface area (Å²) < 4.78 is 33.4. The van der Waals surface area contributed by atoms with Crippen molar-refractivity contribution in [3.63, 3.8) is 0 Å². The number of morpholine rings is 1. The molecule has 3 rings (SSSR count). The number of aryl methyl sites for hydroxylation is 1. The van der Waals surface area contributed by atoms with Gasteiger partial charge in [-0.25, -0.2) is 8.42 Å². The quantitative estimate of drug-likeness (QED) is 0.842. The van der Waals surface area contributed by atoms with E-state index in [9.17, 15) is 8.42 Å². The number of nitrogens with zero attached hydrogens (tertiary/aromatic N) is 1. The lowest BCUT2D eigenvalue weighted by Crippen LogP contribution is -2.54. The van der Waals surface area contributed by atoms with Gasteiger partial charge in [0.25, 0.3) is 10.0 Å². The van der Waals surface area contributed by atoms with Gasteiger partial charge < -0.3 is 4.74 Å². The summed E-state index contributed by atoms with van der Waals surface area (Å²) in [5.41, 5.74) is 0. The van der Waals surface area contributed by atoms with Crippen molar-refractivity contribution in [1.82, 2.24) is 4.31 Å². The molecule has 1 saturated heterocycles. The number of thiophene rings is 1. The Morgan fingerprint density at radius 1 is 1.32 bits per heavy atom. The summed E-state index contributed by atoms with van der Waals surface area (Å²) in [5.74, 6) is 0. The van der Waals surface area contributed by atoms with E-state index in [4.69, 9.17) is 4.74 Å². The predicted octanol–water partition coefficient (Wildman–Crippen LogP) is 2.39. The van der Waals surface area contributed by atoms with Crippen LogP contribution in [-0.2, 0) is 14.8 Å². The topological polar surface area (TPSA) is 46.6 Å². The molecule has 1 aliphatic heterocycles. The Bertz CT molecular complexity index is 550.